The van der Waals surface area contributed by atoms with E-state index in [1.807, 2.05) is 51.7 Å². The molecular formula is C22H30N4O3. The van der Waals surface area contributed by atoms with Crippen LogP contribution >= 0.6 is 0 Å². The van der Waals surface area contributed by atoms with E-state index in [2.05, 4.69) is 15.3 Å². The molecule has 1 aromatic heterocycles. The molecule has 29 heavy (non-hydrogen) atoms. The molecule has 7 heteroatoms. The average molecular weight is 399 g/mol. The van der Waals surface area contributed by atoms with E-state index in [9.17, 15) is 9.59 Å². The van der Waals surface area contributed by atoms with Gasteiger partial charge in [0.15, 0.2) is 0 Å². The molecule has 0 saturated carbocycles. The molecule has 1 unspecified atom stereocenters. The second-order valence-corrected chi connectivity index (χ2v) is 8.63. The summed E-state index contributed by atoms with van der Waals surface area (Å²) in [6, 6.07) is 5.41. The van der Waals surface area contributed by atoms with Gasteiger partial charge in [-0.2, -0.15) is 0 Å². The van der Waals surface area contributed by atoms with Gasteiger partial charge in [-0.1, -0.05) is 0 Å². The molecule has 2 heterocycles. The Bertz CT molecular complexity index is 920. The molecule has 1 saturated heterocycles. The van der Waals surface area contributed by atoms with E-state index in [-0.39, 0.29) is 11.9 Å². The van der Waals surface area contributed by atoms with Crippen LogP contribution in [0.1, 0.15) is 61.8 Å². The predicted octanol–water partition coefficient (Wildman–Crippen LogP) is 3.77. The number of aromatic nitrogens is 2. The lowest BCUT2D eigenvalue weighted by Gasteiger charge is -2.36. The molecule has 0 aliphatic carbocycles. The van der Waals surface area contributed by atoms with E-state index in [0.717, 1.165) is 41.7 Å². The summed E-state index contributed by atoms with van der Waals surface area (Å²) in [6.45, 7) is 10.4. The maximum atomic E-state index is 13.2. The minimum absolute atomic E-state index is 0.0392. The van der Waals surface area contributed by atoms with Crippen molar-refractivity contribution >= 4 is 23.0 Å². The average Bonchev–Trinajstić information content (AvgIpc) is 2.65. The fraction of sp³-hybridized carbons (Fsp3) is 0.545. The molecule has 1 aromatic carbocycles. The first-order valence-electron chi connectivity index (χ1n) is 10.2. The largest absolute Gasteiger partial charge is 0.444 e. The molecule has 3 rings (SSSR count). The number of carbonyl (C=O) groups is 2. The van der Waals surface area contributed by atoms with Gasteiger partial charge in [-0.25, -0.2) is 14.8 Å². The number of piperidine rings is 1. The van der Waals surface area contributed by atoms with Gasteiger partial charge in [0.2, 0.25) is 0 Å². The van der Waals surface area contributed by atoms with Crippen LogP contribution in [-0.2, 0) is 4.74 Å². The molecule has 0 spiro atoms. The van der Waals surface area contributed by atoms with E-state index in [1.165, 1.54) is 0 Å². The van der Waals surface area contributed by atoms with Crippen molar-refractivity contribution in [3.05, 3.63) is 35.2 Å². The fourth-order valence-corrected chi connectivity index (χ4v) is 3.53. The summed E-state index contributed by atoms with van der Waals surface area (Å²) in [5.74, 6) is -0.0392. The number of hydrogen-bond donors (Lipinski definition) is 1. The summed E-state index contributed by atoms with van der Waals surface area (Å²) in [7, 11) is 0. The number of likely N-dealkylation sites (tertiary alicyclic amines) is 1. The normalized spacial score (nSPS) is 17.3. The van der Waals surface area contributed by atoms with Crippen molar-refractivity contribution in [2.24, 2.45) is 0 Å². The smallest absolute Gasteiger partial charge is 0.407 e. The molecule has 2 amide bonds. The number of ether oxygens (including phenoxy) is 1. The number of nitrogens with one attached hydrogen (secondary N) is 1. The molecule has 1 fully saturated rings. The molecular weight excluding hydrogens is 368 g/mol. The molecule has 156 valence electrons. The summed E-state index contributed by atoms with van der Waals surface area (Å²) in [6.07, 6.45) is 2.39. The number of hydrogen-bond acceptors (Lipinski definition) is 5. The first-order chi connectivity index (χ1) is 13.6. The van der Waals surface area contributed by atoms with Crippen LogP contribution < -0.4 is 5.32 Å². The third-order valence-electron chi connectivity index (χ3n) is 5.09. The molecule has 1 N–H and O–H groups in total. The van der Waals surface area contributed by atoms with Crippen LogP contribution in [0.4, 0.5) is 4.79 Å². The number of aryl methyl sites for hydroxylation is 2. The molecule has 2 aromatic rings. The highest BCUT2D eigenvalue weighted by molar-refractivity contribution is 5.97. The topological polar surface area (TPSA) is 84.4 Å². The Labute approximate surface area is 171 Å². The molecule has 1 aliphatic heterocycles. The predicted molar refractivity (Wildman–Crippen MR) is 112 cm³/mol. The van der Waals surface area contributed by atoms with E-state index in [0.29, 0.717) is 18.7 Å². The fourth-order valence-electron chi connectivity index (χ4n) is 3.53. The van der Waals surface area contributed by atoms with Gasteiger partial charge in [0, 0.05) is 24.7 Å². The van der Waals surface area contributed by atoms with Gasteiger partial charge in [0.05, 0.1) is 22.4 Å². The standard InChI is InChI=1S/C22H30N4O3/c1-14-15(2)25-19-12-16(9-10-18(19)24-14)20(27)26-11-7-6-8-17(26)13-23-21(28)29-22(3,4)5/h9-10,12,17H,6-8,11,13H2,1-5H3,(H,23,28). The Morgan fingerprint density at radius 1 is 1.14 bits per heavy atom. The Morgan fingerprint density at radius 3 is 2.52 bits per heavy atom. The molecule has 0 bridgehead atoms. The van der Waals surface area contributed by atoms with Crippen LogP contribution in [-0.4, -0.2) is 51.6 Å². The lowest BCUT2D eigenvalue weighted by atomic mass is 10.0. The van der Waals surface area contributed by atoms with Gasteiger partial charge in [-0.05, 0) is 72.1 Å². The summed E-state index contributed by atoms with van der Waals surface area (Å²) in [5.41, 5.74) is 3.31. The van der Waals surface area contributed by atoms with Crippen molar-refractivity contribution in [1.29, 1.82) is 0 Å². The second kappa shape index (κ2) is 8.35. The maximum Gasteiger partial charge on any atom is 0.407 e. The monoisotopic (exact) mass is 398 g/mol. The number of amides is 2. The molecule has 7 nitrogen and oxygen atoms in total. The van der Waals surface area contributed by atoms with Crippen LogP contribution in [0.2, 0.25) is 0 Å². The number of nitrogens with zero attached hydrogens (tertiary/aromatic N) is 3. The van der Waals surface area contributed by atoms with Crippen molar-refractivity contribution in [2.75, 3.05) is 13.1 Å². The highest BCUT2D eigenvalue weighted by atomic mass is 16.6. The summed E-state index contributed by atoms with van der Waals surface area (Å²) in [5, 5.41) is 2.81. The quantitative estimate of drug-likeness (QED) is 0.851. The lowest BCUT2D eigenvalue weighted by molar-refractivity contribution is 0.0462. The first kappa shape index (κ1) is 21.0. The second-order valence-electron chi connectivity index (χ2n) is 8.63. The molecule has 0 radical (unpaired) electrons. The molecule has 1 aliphatic rings. The van der Waals surface area contributed by atoms with Crippen molar-refractivity contribution in [2.45, 2.75) is 65.5 Å². The van der Waals surface area contributed by atoms with Crippen molar-refractivity contribution in [3.63, 3.8) is 0 Å². The SMILES string of the molecule is Cc1nc2ccc(C(=O)N3CCCCC3CNC(=O)OC(C)(C)C)cc2nc1C. The Balaban J connectivity index is 1.74. The summed E-state index contributed by atoms with van der Waals surface area (Å²) < 4.78 is 5.31. The Hall–Kier alpha value is -2.70. The number of fused-ring (bicyclic) bond motifs is 1. The van der Waals surface area contributed by atoms with Gasteiger partial charge in [-0.3, -0.25) is 4.79 Å². The van der Waals surface area contributed by atoms with Gasteiger partial charge in [0.1, 0.15) is 5.60 Å². The minimum atomic E-state index is -0.547. The zero-order valence-corrected chi connectivity index (χ0v) is 17.9. The number of alkyl carbamates (subject to hydrolysis) is 1. The zero-order valence-electron chi connectivity index (χ0n) is 17.9. The van der Waals surface area contributed by atoms with Gasteiger partial charge >= 0.3 is 6.09 Å². The van der Waals surface area contributed by atoms with Gasteiger partial charge < -0.3 is 15.0 Å². The summed E-state index contributed by atoms with van der Waals surface area (Å²) in [4.78, 5) is 36.2. The van der Waals surface area contributed by atoms with Gasteiger partial charge in [-0.15, -0.1) is 0 Å². The summed E-state index contributed by atoms with van der Waals surface area (Å²) >= 11 is 0. The number of benzene rings is 1. The van der Waals surface area contributed by atoms with Crippen LogP contribution in [0.3, 0.4) is 0 Å². The minimum Gasteiger partial charge on any atom is -0.444 e. The Kier molecular flexibility index (Phi) is 6.05. The zero-order chi connectivity index (χ0) is 21.2. The third-order valence-corrected chi connectivity index (χ3v) is 5.09. The highest BCUT2D eigenvalue weighted by Crippen LogP contribution is 2.22. The van der Waals surface area contributed by atoms with E-state index >= 15 is 0 Å². The Morgan fingerprint density at radius 2 is 1.83 bits per heavy atom. The van der Waals surface area contributed by atoms with Crippen molar-refractivity contribution in [1.82, 2.24) is 20.2 Å². The van der Waals surface area contributed by atoms with Crippen LogP contribution in [0, 0.1) is 13.8 Å². The van der Waals surface area contributed by atoms with E-state index < -0.39 is 11.7 Å². The maximum absolute atomic E-state index is 13.2. The van der Waals surface area contributed by atoms with E-state index in [1.54, 1.807) is 6.07 Å². The van der Waals surface area contributed by atoms with Crippen molar-refractivity contribution < 1.29 is 14.3 Å². The van der Waals surface area contributed by atoms with Crippen LogP contribution in [0.25, 0.3) is 11.0 Å². The lowest BCUT2D eigenvalue weighted by Crippen LogP contribution is -2.50. The first-order valence-corrected chi connectivity index (χ1v) is 10.2. The third kappa shape index (κ3) is 5.22. The van der Waals surface area contributed by atoms with Crippen LogP contribution in [0.5, 0.6) is 0 Å². The van der Waals surface area contributed by atoms with Gasteiger partial charge in [0.25, 0.3) is 5.91 Å². The molecule has 1 atom stereocenters. The number of rotatable bonds is 3. The number of carbonyl (C=O) groups excluding carboxylic acids is 2. The van der Waals surface area contributed by atoms with E-state index in [4.69, 9.17) is 4.74 Å². The van der Waals surface area contributed by atoms with Crippen molar-refractivity contribution in [3.8, 4) is 0 Å². The van der Waals surface area contributed by atoms with Crippen LogP contribution in [0.15, 0.2) is 18.2 Å². The highest BCUT2D eigenvalue weighted by Gasteiger charge is 2.28.